The summed E-state index contributed by atoms with van der Waals surface area (Å²) in [5.74, 6) is -1.58. The van der Waals surface area contributed by atoms with Gasteiger partial charge in [0.25, 0.3) is 0 Å². The number of carbonyl (C=O) groups is 1. The first-order chi connectivity index (χ1) is 16.8. The van der Waals surface area contributed by atoms with E-state index in [0.29, 0.717) is 11.1 Å². The number of ether oxygens (including phenoxy) is 4. The van der Waals surface area contributed by atoms with Gasteiger partial charge in [0, 0.05) is 12.0 Å². The quantitative estimate of drug-likeness (QED) is 0.159. The SMILES string of the molecule is O=C(/C=C/c1ccc(O)cc1)OCC1=C[C@@H](O)[C@@H]2C=CO[C@@H](O[C@@H]3O[C@H](CO)[C@@H](O)[C@H](O)[C@H]3O)[C@H]12. The second-order valence-corrected chi connectivity index (χ2v) is 8.53. The Morgan fingerprint density at radius 3 is 2.49 bits per heavy atom. The third kappa shape index (κ3) is 5.57. The fraction of sp³-hybridized carbons (Fsp3) is 0.458. The van der Waals surface area contributed by atoms with Crippen molar-refractivity contribution in [3.05, 3.63) is 59.9 Å². The number of hydrogen-bond donors (Lipinski definition) is 6. The van der Waals surface area contributed by atoms with Crippen molar-refractivity contribution in [2.75, 3.05) is 13.2 Å². The number of phenols is 1. The molecule has 0 amide bonds. The highest BCUT2D eigenvalue weighted by atomic mass is 16.8. The van der Waals surface area contributed by atoms with Gasteiger partial charge in [0.2, 0.25) is 6.29 Å². The molecule has 1 aliphatic carbocycles. The van der Waals surface area contributed by atoms with Gasteiger partial charge in [-0.3, -0.25) is 0 Å². The van der Waals surface area contributed by atoms with Crippen LogP contribution in [0, 0.1) is 11.8 Å². The minimum absolute atomic E-state index is 0.107. The van der Waals surface area contributed by atoms with E-state index in [0.717, 1.165) is 0 Å². The summed E-state index contributed by atoms with van der Waals surface area (Å²) in [5, 5.41) is 59.4. The molecule has 2 aliphatic heterocycles. The normalized spacial score (nSPS) is 36.5. The summed E-state index contributed by atoms with van der Waals surface area (Å²) in [6.07, 6.45) is -2.08. The molecule has 35 heavy (non-hydrogen) atoms. The van der Waals surface area contributed by atoms with Gasteiger partial charge < -0.3 is 49.6 Å². The minimum atomic E-state index is -1.62. The maximum Gasteiger partial charge on any atom is 0.331 e. The van der Waals surface area contributed by atoms with E-state index < -0.39 is 67.5 Å². The van der Waals surface area contributed by atoms with Crippen LogP contribution in [0.25, 0.3) is 6.08 Å². The summed E-state index contributed by atoms with van der Waals surface area (Å²) in [6.45, 7) is -0.775. The van der Waals surface area contributed by atoms with Crippen LogP contribution in [-0.4, -0.2) is 92.9 Å². The largest absolute Gasteiger partial charge is 0.508 e. The lowest BCUT2D eigenvalue weighted by Crippen LogP contribution is -2.60. The molecule has 1 aromatic rings. The van der Waals surface area contributed by atoms with Crippen molar-refractivity contribution in [3.8, 4) is 5.75 Å². The molecule has 2 heterocycles. The maximum absolute atomic E-state index is 12.2. The molecule has 1 fully saturated rings. The zero-order valence-electron chi connectivity index (χ0n) is 18.5. The highest BCUT2D eigenvalue weighted by Gasteiger charge is 2.49. The van der Waals surface area contributed by atoms with Gasteiger partial charge in [0.1, 0.15) is 36.8 Å². The Morgan fingerprint density at radius 2 is 1.77 bits per heavy atom. The van der Waals surface area contributed by atoms with Crippen molar-refractivity contribution in [1.29, 1.82) is 0 Å². The number of rotatable bonds is 7. The average molecular weight is 492 g/mol. The van der Waals surface area contributed by atoms with Crippen LogP contribution in [0.15, 0.2) is 54.3 Å². The first-order valence-electron chi connectivity index (χ1n) is 11.1. The fourth-order valence-corrected chi connectivity index (χ4v) is 4.31. The summed E-state index contributed by atoms with van der Waals surface area (Å²) in [5.41, 5.74) is 1.21. The van der Waals surface area contributed by atoms with Gasteiger partial charge in [-0.2, -0.15) is 0 Å². The first kappa shape index (κ1) is 25.3. The van der Waals surface area contributed by atoms with Crippen LogP contribution in [0.4, 0.5) is 0 Å². The molecule has 11 nitrogen and oxygen atoms in total. The van der Waals surface area contributed by atoms with Crippen LogP contribution in [0.3, 0.4) is 0 Å². The fourth-order valence-electron chi connectivity index (χ4n) is 4.31. The number of aromatic hydroxyl groups is 1. The van der Waals surface area contributed by atoms with E-state index in [2.05, 4.69) is 0 Å². The van der Waals surface area contributed by atoms with Gasteiger partial charge in [-0.15, -0.1) is 0 Å². The highest BCUT2D eigenvalue weighted by Crippen LogP contribution is 2.41. The van der Waals surface area contributed by atoms with Crippen LogP contribution < -0.4 is 0 Å². The molecule has 0 spiro atoms. The number of aliphatic hydroxyl groups is 5. The summed E-state index contributed by atoms with van der Waals surface area (Å²) in [4.78, 5) is 12.2. The number of benzene rings is 1. The monoisotopic (exact) mass is 492 g/mol. The minimum Gasteiger partial charge on any atom is -0.508 e. The molecular weight excluding hydrogens is 464 g/mol. The second kappa shape index (κ2) is 10.9. The number of esters is 1. The van der Waals surface area contributed by atoms with Crippen LogP contribution in [0.2, 0.25) is 0 Å². The van der Waals surface area contributed by atoms with E-state index in [-0.39, 0.29) is 12.4 Å². The zero-order chi connectivity index (χ0) is 25.1. The zero-order valence-corrected chi connectivity index (χ0v) is 18.5. The predicted octanol–water partition coefficient (Wildman–Crippen LogP) is -0.832. The molecule has 0 saturated carbocycles. The second-order valence-electron chi connectivity index (χ2n) is 8.53. The molecule has 11 heteroatoms. The van der Waals surface area contributed by atoms with Crippen molar-refractivity contribution in [1.82, 2.24) is 0 Å². The van der Waals surface area contributed by atoms with E-state index in [4.69, 9.17) is 18.9 Å². The molecule has 0 unspecified atom stereocenters. The number of hydrogen-bond acceptors (Lipinski definition) is 11. The molecule has 190 valence electrons. The van der Waals surface area contributed by atoms with E-state index >= 15 is 0 Å². The number of carbonyl (C=O) groups excluding carboxylic acids is 1. The molecular formula is C24H28O11. The maximum atomic E-state index is 12.2. The number of phenolic OH excluding ortho intramolecular Hbond substituents is 1. The van der Waals surface area contributed by atoms with E-state index in [1.165, 1.54) is 36.6 Å². The van der Waals surface area contributed by atoms with E-state index in [1.54, 1.807) is 18.2 Å². The number of aliphatic hydroxyl groups excluding tert-OH is 5. The Morgan fingerprint density at radius 1 is 1.03 bits per heavy atom. The number of fused-ring (bicyclic) bond motifs is 1. The molecule has 0 aromatic heterocycles. The van der Waals surface area contributed by atoms with Gasteiger partial charge in [-0.25, -0.2) is 4.79 Å². The van der Waals surface area contributed by atoms with Crippen LogP contribution in [0.1, 0.15) is 5.56 Å². The summed E-state index contributed by atoms with van der Waals surface area (Å²) in [6, 6.07) is 6.24. The van der Waals surface area contributed by atoms with E-state index in [1.807, 2.05) is 0 Å². The lowest BCUT2D eigenvalue weighted by atomic mass is 9.88. The predicted molar refractivity (Wildman–Crippen MR) is 118 cm³/mol. The summed E-state index contributed by atoms with van der Waals surface area (Å²) >= 11 is 0. The lowest BCUT2D eigenvalue weighted by Gasteiger charge is -2.42. The van der Waals surface area contributed by atoms with Gasteiger partial charge in [-0.05, 0) is 35.4 Å². The third-order valence-electron chi connectivity index (χ3n) is 6.23. The van der Waals surface area contributed by atoms with Crippen LogP contribution in [-0.2, 0) is 23.7 Å². The summed E-state index contributed by atoms with van der Waals surface area (Å²) in [7, 11) is 0. The van der Waals surface area contributed by atoms with Gasteiger partial charge in [0.05, 0.1) is 24.9 Å². The Labute approximate surface area is 200 Å². The van der Waals surface area contributed by atoms with Gasteiger partial charge in [-0.1, -0.05) is 18.2 Å². The van der Waals surface area contributed by atoms with Crippen LogP contribution in [0.5, 0.6) is 5.75 Å². The topological polar surface area (TPSA) is 175 Å². The molecule has 1 saturated heterocycles. The van der Waals surface area contributed by atoms with Gasteiger partial charge >= 0.3 is 5.97 Å². The van der Waals surface area contributed by atoms with Crippen molar-refractivity contribution in [3.63, 3.8) is 0 Å². The van der Waals surface area contributed by atoms with Crippen molar-refractivity contribution in [2.24, 2.45) is 11.8 Å². The molecule has 6 N–H and O–H groups in total. The Kier molecular flexibility index (Phi) is 7.87. The molecule has 0 radical (unpaired) electrons. The average Bonchev–Trinajstić information content (AvgIpc) is 3.19. The van der Waals surface area contributed by atoms with Crippen molar-refractivity contribution < 1.29 is 54.4 Å². The van der Waals surface area contributed by atoms with Crippen LogP contribution >= 0.6 is 0 Å². The Bertz CT molecular complexity index is 970. The third-order valence-corrected chi connectivity index (χ3v) is 6.23. The molecule has 0 bridgehead atoms. The lowest BCUT2D eigenvalue weighted by molar-refractivity contribution is -0.339. The van der Waals surface area contributed by atoms with Crippen molar-refractivity contribution >= 4 is 12.0 Å². The van der Waals surface area contributed by atoms with Crippen molar-refractivity contribution in [2.45, 2.75) is 43.1 Å². The van der Waals surface area contributed by atoms with Gasteiger partial charge in [0.15, 0.2) is 6.29 Å². The molecule has 1 aromatic carbocycles. The molecule has 3 aliphatic rings. The Hall–Kier alpha value is -2.77. The summed E-state index contributed by atoms with van der Waals surface area (Å²) < 4.78 is 22.0. The standard InChI is InChI=1S/C24H28O11/c25-10-17-20(29)21(30)22(31)24(34-17)35-23-19-13(9-16(27)15(19)7-8-32-23)11-33-18(28)6-3-12-1-4-14(26)5-2-12/h1-9,15-17,19-27,29-31H,10-11H2/b6-3+/t15-,16+,17+,19+,20+,21-,22+,23-,24-/m0/s1. The van der Waals surface area contributed by atoms with E-state index in [9.17, 15) is 35.4 Å². The first-order valence-corrected chi connectivity index (χ1v) is 11.1. The Balaban J connectivity index is 1.40. The molecule has 4 rings (SSSR count). The highest BCUT2D eigenvalue weighted by molar-refractivity contribution is 5.87. The molecule has 9 atom stereocenters. The smallest absolute Gasteiger partial charge is 0.331 e.